The van der Waals surface area contributed by atoms with Crippen molar-refractivity contribution >= 4 is 23.0 Å². The largest absolute Gasteiger partial charge is 0.384 e. The summed E-state index contributed by atoms with van der Waals surface area (Å²) in [5.41, 5.74) is 13.4. The molecule has 6 N–H and O–H groups in total. The molecule has 100 valence electrons. The average Bonchev–Trinajstić information content (AvgIpc) is 2.46. The van der Waals surface area contributed by atoms with E-state index in [0.717, 1.165) is 0 Å². The molecule has 0 saturated heterocycles. The maximum Gasteiger partial charge on any atom is 0.122 e. The highest BCUT2D eigenvalue weighted by Crippen LogP contribution is 2.19. The summed E-state index contributed by atoms with van der Waals surface area (Å²) in [6, 6.07) is 13.8. The van der Waals surface area contributed by atoms with Crippen molar-refractivity contribution in [3.8, 4) is 0 Å². The number of nitrogen functional groups attached to an aromatic ring is 2. The molecule has 0 fully saturated rings. The highest BCUT2D eigenvalue weighted by atomic mass is 15.1. The number of hydrogen-bond acceptors (Lipinski definition) is 4. The van der Waals surface area contributed by atoms with Gasteiger partial charge in [-0.05, 0) is 48.5 Å². The monoisotopic (exact) mass is 266 g/mol. The zero-order chi connectivity index (χ0) is 14.5. The Morgan fingerprint density at radius 1 is 0.650 bits per heavy atom. The van der Waals surface area contributed by atoms with Gasteiger partial charge >= 0.3 is 0 Å². The molecule has 0 radical (unpaired) electrons. The SMILES string of the molecule is N=C(N)c1ccc(N=Nc2ccc(C(=N)N)cc2)cc1. The van der Waals surface area contributed by atoms with Crippen LogP contribution in [0.5, 0.6) is 0 Å². The molecule has 20 heavy (non-hydrogen) atoms. The van der Waals surface area contributed by atoms with Gasteiger partial charge in [0.25, 0.3) is 0 Å². The Morgan fingerprint density at radius 2 is 0.950 bits per heavy atom. The fourth-order valence-corrected chi connectivity index (χ4v) is 1.53. The Hall–Kier alpha value is -3.02. The number of hydrogen-bond donors (Lipinski definition) is 4. The first-order valence-corrected chi connectivity index (χ1v) is 5.87. The lowest BCUT2D eigenvalue weighted by molar-refractivity contribution is 1.23. The molecule has 2 aromatic carbocycles. The molecule has 0 spiro atoms. The summed E-state index contributed by atoms with van der Waals surface area (Å²) in [6.45, 7) is 0. The van der Waals surface area contributed by atoms with Gasteiger partial charge < -0.3 is 11.5 Å². The highest BCUT2D eigenvalue weighted by molar-refractivity contribution is 5.95. The van der Waals surface area contributed by atoms with Gasteiger partial charge in [0.1, 0.15) is 11.7 Å². The zero-order valence-corrected chi connectivity index (χ0v) is 10.7. The van der Waals surface area contributed by atoms with Crippen molar-refractivity contribution in [2.75, 3.05) is 0 Å². The molecule has 0 heterocycles. The van der Waals surface area contributed by atoms with Crippen molar-refractivity contribution in [3.63, 3.8) is 0 Å². The number of nitrogens with two attached hydrogens (primary N) is 2. The van der Waals surface area contributed by atoms with E-state index in [1.807, 2.05) is 0 Å². The predicted octanol–water partition coefficient (Wildman–Crippen LogP) is 2.67. The molecular formula is C14H14N6. The van der Waals surface area contributed by atoms with Crippen molar-refractivity contribution in [2.24, 2.45) is 21.7 Å². The molecule has 2 aromatic rings. The Bertz CT molecular complexity index is 596. The predicted molar refractivity (Wildman–Crippen MR) is 79.1 cm³/mol. The van der Waals surface area contributed by atoms with Crippen LogP contribution in [0.4, 0.5) is 11.4 Å². The van der Waals surface area contributed by atoms with E-state index in [0.29, 0.717) is 22.5 Å². The number of nitrogens with one attached hydrogen (secondary N) is 2. The first-order chi connectivity index (χ1) is 9.56. The third kappa shape index (κ3) is 3.26. The van der Waals surface area contributed by atoms with Crippen LogP contribution in [0.1, 0.15) is 11.1 Å². The molecule has 6 nitrogen and oxygen atoms in total. The number of nitrogens with zero attached hydrogens (tertiary/aromatic N) is 2. The van der Waals surface area contributed by atoms with Crippen molar-refractivity contribution in [1.82, 2.24) is 0 Å². The normalized spacial score (nSPS) is 10.6. The van der Waals surface area contributed by atoms with Crippen LogP contribution in [0, 0.1) is 10.8 Å². The van der Waals surface area contributed by atoms with E-state index in [1.165, 1.54) is 0 Å². The summed E-state index contributed by atoms with van der Waals surface area (Å²) in [5.74, 6) is 0.0432. The quantitative estimate of drug-likeness (QED) is 0.386. The molecule has 0 atom stereocenters. The van der Waals surface area contributed by atoms with Crippen molar-refractivity contribution in [1.29, 1.82) is 10.8 Å². The van der Waals surface area contributed by atoms with Gasteiger partial charge in [-0.3, -0.25) is 10.8 Å². The van der Waals surface area contributed by atoms with Crippen LogP contribution < -0.4 is 11.5 Å². The molecule has 0 bridgehead atoms. The minimum atomic E-state index is 0.0216. The van der Waals surface area contributed by atoms with Crippen molar-refractivity contribution < 1.29 is 0 Å². The maximum atomic E-state index is 7.29. The van der Waals surface area contributed by atoms with Crippen LogP contribution in [-0.2, 0) is 0 Å². The Labute approximate surface area is 116 Å². The van der Waals surface area contributed by atoms with E-state index in [2.05, 4.69) is 10.2 Å². The molecular weight excluding hydrogens is 252 g/mol. The molecule has 0 saturated carbocycles. The van der Waals surface area contributed by atoms with Crippen LogP contribution >= 0.6 is 0 Å². The third-order valence-electron chi connectivity index (χ3n) is 2.64. The topological polar surface area (TPSA) is 124 Å². The lowest BCUT2D eigenvalue weighted by Gasteiger charge is -1.99. The first kappa shape index (κ1) is 13.4. The zero-order valence-electron chi connectivity index (χ0n) is 10.7. The van der Waals surface area contributed by atoms with Gasteiger partial charge in [0.2, 0.25) is 0 Å². The van der Waals surface area contributed by atoms with Gasteiger partial charge in [-0.25, -0.2) is 0 Å². The van der Waals surface area contributed by atoms with Crippen LogP contribution in [0.3, 0.4) is 0 Å². The number of rotatable bonds is 4. The molecule has 0 amide bonds. The van der Waals surface area contributed by atoms with Gasteiger partial charge in [-0.1, -0.05) is 0 Å². The minimum Gasteiger partial charge on any atom is -0.384 e. The van der Waals surface area contributed by atoms with E-state index >= 15 is 0 Å². The summed E-state index contributed by atoms with van der Waals surface area (Å²) in [7, 11) is 0. The smallest absolute Gasteiger partial charge is 0.122 e. The maximum absolute atomic E-state index is 7.29. The Balaban J connectivity index is 2.12. The van der Waals surface area contributed by atoms with Gasteiger partial charge in [0.15, 0.2) is 0 Å². The third-order valence-corrected chi connectivity index (χ3v) is 2.64. The number of benzene rings is 2. The average molecular weight is 266 g/mol. The molecule has 0 aliphatic heterocycles. The van der Waals surface area contributed by atoms with E-state index in [-0.39, 0.29) is 11.7 Å². The molecule has 0 unspecified atom stereocenters. The summed E-state index contributed by atoms with van der Waals surface area (Å²) < 4.78 is 0. The second kappa shape index (κ2) is 5.75. The lowest BCUT2D eigenvalue weighted by Crippen LogP contribution is -2.10. The summed E-state index contributed by atoms with van der Waals surface area (Å²) >= 11 is 0. The summed E-state index contributed by atoms with van der Waals surface area (Å²) in [6.07, 6.45) is 0. The van der Waals surface area contributed by atoms with Gasteiger partial charge in [-0.15, -0.1) is 0 Å². The van der Waals surface area contributed by atoms with Crippen LogP contribution in [0.15, 0.2) is 58.8 Å². The van der Waals surface area contributed by atoms with E-state index in [1.54, 1.807) is 48.5 Å². The second-order valence-corrected chi connectivity index (χ2v) is 4.12. The van der Waals surface area contributed by atoms with E-state index in [4.69, 9.17) is 22.3 Å². The molecule has 0 aromatic heterocycles. The van der Waals surface area contributed by atoms with Gasteiger partial charge in [-0.2, -0.15) is 10.2 Å². The summed E-state index contributed by atoms with van der Waals surface area (Å²) in [4.78, 5) is 0. The van der Waals surface area contributed by atoms with Crippen LogP contribution in [0.25, 0.3) is 0 Å². The summed E-state index contributed by atoms with van der Waals surface area (Å²) in [5, 5.41) is 22.7. The standard InChI is InChI=1S/C14H14N6/c15-13(16)9-1-5-11(6-2-9)19-20-12-7-3-10(4-8-12)14(17)18/h1-8H,(H3,15,16)(H3,17,18). The van der Waals surface area contributed by atoms with Crippen LogP contribution in [0.2, 0.25) is 0 Å². The van der Waals surface area contributed by atoms with Gasteiger partial charge in [0.05, 0.1) is 11.4 Å². The van der Waals surface area contributed by atoms with Crippen molar-refractivity contribution in [3.05, 3.63) is 59.7 Å². The molecule has 6 heteroatoms. The number of azo groups is 1. The van der Waals surface area contributed by atoms with Crippen LogP contribution in [-0.4, -0.2) is 11.7 Å². The number of amidine groups is 2. The highest BCUT2D eigenvalue weighted by Gasteiger charge is 1.97. The molecule has 0 aliphatic carbocycles. The van der Waals surface area contributed by atoms with Gasteiger partial charge in [0, 0.05) is 11.1 Å². The second-order valence-electron chi connectivity index (χ2n) is 4.12. The molecule has 2 rings (SSSR count). The molecule has 0 aliphatic rings. The van der Waals surface area contributed by atoms with Crippen molar-refractivity contribution in [2.45, 2.75) is 0 Å². The fraction of sp³-hybridized carbons (Fsp3) is 0. The van der Waals surface area contributed by atoms with E-state index < -0.39 is 0 Å². The first-order valence-electron chi connectivity index (χ1n) is 5.87. The Kier molecular flexibility index (Phi) is 3.85. The minimum absolute atomic E-state index is 0.0216. The Morgan fingerprint density at radius 3 is 1.20 bits per heavy atom. The lowest BCUT2D eigenvalue weighted by atomic mass is 10.2. The van der Waals surface area contributed by atoms with E-state index in [9.17, 15) is 0 Å². The fourth-order valence-electron chi connectivity index (χ4n) is 1.53.